The molecule has 3 rings (SSSR count). The van der Waals surface area contributed by atoms with Crippen LogP contribution in [0, 0.1) is 5.92 Å². The number of aliphatic hydroxyl groups is 1. The number of pyridine rings is 1. The summed E-state index contributed by atoms with van der Waals surface area (Å²) in [5, 5.41) is 20.3. The lowest BCUT2D eigenvalue weighted by Gasteiger charge is -2.22. The van der Waals surface area contributed by atoms with Crippen LogP contribution >= 0.6 is 11.6 Å². The third-order valence-electron chi connectivity index (χ3n) is 6.01. The van der Waals surface area contributed by atoms with Gasteiger partial charge in [0, 0.05) is 23.9 Å². The number of benzene rings is 2. The van der Waals surface area contributed by atoms with Gasteiger partial charge in [-0.15, -0.1) is 0 Å². The van der Waals surface area contributed by atoms with Gasteiger partial charge in [-0.25, -0.2) is 22.9 Å². The number of halogens is 1. The Bertz CT molecular complexity index is 1410. The van der Waals surface area contributed by atoms with E-state index in [1.165, 1.54) is 12.3 Å². The highest BCUT2D eigenvalue weighted by Crippen LogP contribution is 2.25. The Morgan fingerprint density at radius 1 is 1.05 bits per heavy atom. The highest BCUT2D eigenvalue weighted by molar-refractivity contribution is 7.89. The molecule has 0 radical (unpaired) electrons. The minimum Gasteiger partial charge on any atom is -0.465 e. The first-order valence-electron chi connectivity index (χ1n) is 12.3. The maximum absolute atomic E-state index is 12.5. The molecule has 0 fully saturated rings. The van der Waals surface area contributed by atoms with Crippen molar-refractivity contribution in [2.75, 3.05) is 19.3 Å². The summed E-state index contributed by atoms with van der Waals surface area (Å²) in [6, 6.07) is 16.1. The number of carbonyl (C=O) groups is 2. The fourth-order valence-electron chi connectivity index (χ4n) is 4.12. The maximum Gasteiger partial charge on any atom is 0.407 e. The zero-order valence-electron chi connectivity index (χ0n) is 22.0. The molecule has 0 aliphatic rings. The van der Waals surface area contributed by atoms with Crippen LogP contribution in [0.1, 0.15) is 47.0 Å². The summed E-state index contributed by atoms with van der Waals surface area (Å²) in [4.78, 5) is 29.4. The largest absolute Gasteiger partial charge is 0.465 e. The smallest absolute Gasteiger partial charge is 0.407 e. The van der Waals surface area contributed by atoms with Crippen LogP contribution in [0.25, 0.3) is 11.1 Å². The van der Waals surface area contributed by atoms with E-state index in [1.54, 1.807) is 18.2 Å². The summed E-state index contributed by atoms with van der Waals surface area (Å²) in [6.07, 6.45) is 1.24. The molecular weight excluding hydrogens is 542 g/mol. The van der Waals surface area contributed by atoms with Crippen LogP contribution in [0.15, 0.2) is 60.8 Å². The van der Waals surface area contributed by atoms with E-state index in [2.05, 4.69) is 4.98 Å². The van der Waals surface area contributed by atoms with Crippen LogP contribution in [-0.4, -0.2) is 59.9 Å². The fraction of sp³-hybridized carbons (Fsp3) is 0.321. The van der Waals surface area contributed by atoms with Gasteiger partial charge in [-0.1, -0.05) is 67.9 Å². The van der Waals surface area contributed by atoms with E-state index in [0.29, 0.717) is 24.0 Å². The zero-order valence-corrected chi connectivity index (χ0v) is 23.5. The van der Waals surface area contributed by atoms with E-state index in [4.69, 9.17) is 11.6 Å². The van der Waals surface area contributed by atoms with Gasteiger partial charge >= 0.3 is 6.09 Å². The van der Waals surface area contributed by atoms with Gasteiger partial charge in [-0.3, -0.25) is 4.79 Å². The zero-order chi connectivity index (χ0) is 28.7. The van der Waals surface area contributed by atoms with Crippen molar-refractivity contribution in [1.82, 2.24) is 14.6 Å². The summed E-state index contributed by atoms with van der Waals surface area (Å²) < 4.78 is 25.1. The van der Waals surface area contributed by atoms with Gasteiger partial charge < -0.3 is 15.1 Å². The van der Waals surface area contributed by atoms with Gasteiger partial charge in [-0.05, 0) is 53.1 Å². The van der Waals surface area contributed by atoms with Gasteiger partial charge in [0.1, 0.15) is 5.15 Å². The molecule has 0 spiro atoms. The predicted molar refractivity (Wildman–Crippen MR) is 150 cm³/mol. The molecular formula is C28H32ClN3O6S. The van der Waals surface area contributed by atoms with E-state index in [9.17, 15) is 28.2 Å². The van der Waals surface area contributed by atoms with Crippen molar-refractivity contribution >= 4 is 33.6 Å². The first kappa shape index (κ1) is 30.1. The van der Waals surface area contributed by atoms with Gasteiger partial charge in [0.25, 0.3) is 5.91 Å². The second-order valence-electron chi connectivity index (χ2n) is 9.78. The Morgan fingerprint density at radius 2 is 1.72 bits per heavy atom. The number of hydrogen-bond donors (Lipinski definition) is 3. The number of aromatic nitrogens is 1. The molecule has 1 atom stereocenters. The molecule has 2 amide bonds. The van der Waals surface area contributed by atoms with E-state index in [0.717, 1.165) is 33.4 Å². The van der Waals surface area contributed by atoms with E-state index < -0.39 is 28.1 Å². The average molecular weight is 574 g/mol. The standard InChI is InChI=1S/C28H32ClN3O6S/c1-18(2)14-23-15-21(8-10-24(23)27(34)31-39(3,37)38)20-6-4-19(5-7-20)12-13-32(28(35)36)17-25(33)22-9-11-26(29)30-16-22/h4-11,15-16,18,25,33H,12-14,17H2,1-3H3,(H,31,34)(H,35,36)/t25-/m0/s1. The molecule has 1 aromatic heterocycles. The molecule has 0 aliphatic heterocycles. The summed E-state index contributed by atoms with van der Waals surface area (Å²) >= 11 is 5.77. The molecule has 11 heteroatoms. The van der Waals surface area contributed by atoms with Crippen LogP contribution < -0.4 is 4.72 Å². The number of hydrogen-bond acceptors (Lipinski definition) is 6. The van der Waals surface area contributed by atoms with E-state index in [1.807, 2.05) is 48.9 Å². The molecule has 39 heavy (non-hydrogen) atoms. The molecule has 0 saturated heterocycles. The number of nitrogens with one attached hydrogen (secondary N) is 1. The Kier molecular flexibility index (Phi) is 10.1. The average Bonchev–Trinajstić information content (AvgIpc) is 2.85. The summed E-state index contributed by atoms with van der Waals surface area (Å²) in [6.45, 7) is 4.13. The minimum atomic E-state index is -3.68. The highest BCUT2D eigenvalue weighted by Gasteiger charge is 2.19. The third kappa shape index (κ3) is 9.05. The topological polar surface area (TPSA) is 137 Å². The number of aliphatic hydroxyl groups excluding tert-OH is 1. The van der Waals surface area contributed by atoms with E-state index >= 15 is 0 Å². The minimum absolute atomic E-state index is 0.103. The summed E-state index contributed by atoms with van der Waals surface area (Å²) in [5.74, 6) is -0.408. The fourth-order valence-corrected chi connectivity index (χ4v) is 4.68. The second kappa shape index (κ2) is 13.1. The number of carbonyl (C=O) groups excluding carboxylic acids is 1. The molecule has 3 aromatic rings. The predicted octanol–water partition coefficient (Wildman–Crippen LogP) is 4.55. The molecule has 2 aromatic carbocycles. The van der Waals surface area contributed by atoms with Crippen molar-refractivity contribution in [2.24, 2.45) is 5.92 Å². The summed E-state index contributed by atoms with van der Waals surface area (Å²) in [7, 11) is -3.68. The van der Waals surface area contributed by atoms with Crippen molar-refractivity contribution in [2.45, 2.75) is 32.8 Å². The lowest BCUT2D eigenvalue weighted by Crippen LogP contribution is -2.35. The van der Waals surface area contributed by atoms with Crippen LogP contribution in [0.3, 0.4) is 0 Å². The van der Waals surface area contributed by atoms with E-state index in [-0.39, 0.29) is 24.2 Å². The normalized spacial score (nSPS) is 12.3. The lowest BCUT2D eigenvalue weighted by atomic mass is 9.93. The van der Waals surface area contributed by atoms with Crippen molar-refractivity contribution in [3.8, 4) is 11.1 Å². The van der Waals surface area contributed by atoms with Gasteiger partial charge in [-0.2, -0.15) is 0 Å². The third-order valence-corrected chi connectivity index (χ3v) is 6.79. The molecule has 208 valence electrons. The van der Waals surface area contributed by atoms with Crippen molar-refractivity contribution in [1.29, 1.82) is 0 Å². The Hall–Kier alpha value is -3.47. The molecule has 1 heterocycles. The highest BCUT2D eigenvalue weighted by atomic mass is 35.5. The van der Waals surface area contributed by atoms with Gasteiger partial charge in [0.15, 0.2) is 0 Å². The number of rotatable bonds is 11. The van der Waals surface area contributed by atoms with Crippen molar-refractivity contribution < 1.29 is 28.2 Å². The molecule has 3 N–H and O–H groups in total. The number of nitrogens with zero attached hydrogens (tertiary/aromatic N) is 2. The van der Waals surface area contributed by atoms with Crippen LogP contribution in [-0.2, 0) is 22.9 Å². The lowest BCUT2D eigenvalue weighted by molar-refractivity contribution is 0.0970. The van der Waals surface area contributed by atoms with Gasteiger partial charge in [0.2, 0.25) is 10.0 Å². The van der Waals surface area contributed by atoms with Crippen LogP contribution in [0.2, 0.25) is 5.15 Å². The van der Waals surface area contributed by atoms with Crippen LogP contribution in [0.4, 0.5) is 4.79 Å². The number of carboxylic acid groups (broad SMARTS) is 1. The molecule has 0 saturated carbocycles. The maximum atomic E-state index is 12.5. The first-order chi connectivity index (χ1) is 18.3. The molecule has 0 unspecified atom stereocenters. The second-order valence-corrected chi connectivity index (χ2v) is 11.9. The Balaban J connectivity index is 1.71. The molecule has 0 bridgehead atoms. The molecule has 9 nitrogen and oxygen atoms in total. The SMILES string of the molecule is CC(C)Cc1cc(-c2ccc(CCN(C[C@H](O)c3ccc(Cl)nc3)C(=O)O)cc2)ccc1C(=O)NS(C)(=O)=O. The summed E-state index contributed by atoms with van der Waals surface area (Å²) in [5.41, 5.74) is 4.24. The van der Waals surface area contributed by atoms with Gasteiger partial charge in [0.05, 0.1) is 18.9 Å². The van der Waals surface area contributed by atoms with Crippen molar-refractivity contribution in [3.05, 3.63) is 88.2 Å². The number of sulfonamides is 1. The van der Waals surface area contributed by atoms with Crippen molar-refractivity contribution in [3.63, 3.8) is 0 Å². The first-order valence-corrected chi connectivity index (χ1v) is 14.6. The Morgan fingerprint density at radius 3 is 2.28 bits per heavy atom. The monoisotopic (exact) mass is 573 g/mol. The Labute approximate surface area is 233 Å². The quantitative estimate of drug-likeness (QED) is 0.286. The molecule has 0 aliphatic carbocycles. The number of amides is 2. The van der Waals surface area contributed by atoms with Crippen LogP contribution in [0.5, 0.6) is 0 Å².